The Hall–Kier alpha value is -2.51. The number of halogens is 1. The maximum atomic E-state index is 12.1. The Balaban J connectivity index is 1.92. The van der Waals surface area contributed by atoms with E-state index in [0.29, 0.717) is 22.5 Å². The van der Waals surface area contributed by atoms with Crippen LogP contribution < -0.4 is 10.1 Å². The molecule has 3 rings (SSSR count). The van der Waals surface area contributed by atoms with Crippen molar-refractivity contribution in [2.75, 3.05) is 19.4 Å². The number of ether oxygens (including phenoxy) is 1. The maximum Gasteiger partial charge on any atom is 0.230 e. The molecule has 1 heterocycles. The average molecular weight is 431 g/mol. The van der Waals surface area contributed by atoms with Crippen molar-refractivity contribution in [3.63, 3.8) is 0 Å². The summed E-state index contributed by atoms with van der Waals surface area (Å²) in [6.07, 6.45) is 2.01. The van der Waals surface area contributed by atoms with Crippen molar-refractivity contribution in [1.29, 1.82) is 0 Å². The highest BCUT2D eigenvalue weighted by Crippen LogP contribution is 2.32. The van der Waals surface area contributed by atoms with E-state index in [-0.39, 0.29) is 11.7 Å². The highest BCUT2D eigenvalue weighted by atomic mass is 35.5. The first-order chi connectivity index (χ1) is 14.1. The highest BCUT2D eigenvalue weighted by Gasteiger charge is 2.19. The van der Waals surface area contributed by atoms with Gasteiger partial charge in [-0.25, -0.2) is 0 Å². The summed E-state index contributed by atoms with van der Waals surface area (Å²) in [4.78, 5) is 12.1. The van der Waals surface area contributed by atoms with Gasteiger partial charge in [-0.15, -0.1) is 10.2 Å². The molecule has 0 unspecified atom stereocenters. The summed E-state index contributed by atoms with van der Waals surface area (Å²) in [6.45, 7) is 2.78. The van der Waals surface area contributed by atoms with Crippen LogP contribution >= 0.6 is 23.4 Å². The van der Waals surface area contributed by atoms with Crippen molar-refractivity contribution >= 4 is 29.3 Å². The third-order valence-corrected chi connectivity index (χ3v) is 5.52. The molecule has 0 bridgehead atoms. The largest absolute Gasteiger partial charge is 0.497 e. The highest BCUT2D eigenvalue weighted by molar-refractivity contribution is 7.99. The zero-order valence-corrected chi connectivity index (χ0v) is 18.0. The molecule has 0 saturated carbocycles. The minimum Gasteiger partial charge on any atom is -0.497 e. The van der Waals surface area contributed by atoms with Gasteiger partial charge in [-0.3, -0.25) is 9.36 Å². The smallest absolute Gasteiger partial charge is 0.230 e. The Labute approximate surface area is 179 Å². The Kier molecular flexibility index (Phi) is 7.55. The lowest BCUT2D eigenvalue weighted by Crippen LogP contribution is -2.26. The van der Waals surface area contributed by atoms with Gasteiger partial charge in [0.15, 0.2) is 11.0 Å². The van der Waals surface area contributed by atoms with Crippen LogP contribution in [0.25, 0.3) is 17.1 Å². The van der Waals surface area contributed by atoms with Gasteiger partial charge >= 0.3 is 0 Å². The number of unbranched alkanes of at least 4 members (excludes halogenated alkanes) is 1. The molecule has 0 aliphatic heterocycles. The van der Waals surface area contributed by atoms with Crippen LogP contribution in [0.5, 0.6) is 5.75 Å². The lowest BCUT2D eigenvalue weighted by molar-refractivity contribution is -0.118. The number of benzene rings is 2. The molecule has 8 heteroatoms. The first-order valence-electron chi connectivity index (χ1n) is 9.38. The van der Waals surface area contributed by atoms with Crippen LogP contribution in [-0.4, -0.2) is 40.1 Å². The number of aromatic nitrogens is 3. The van der Waals surface area contributed by atoms with Gasteiger partial charge < -0.3 is 10.1 Å². The topological polar surface area (TPSA) is 69.0 Å². The van der Waals surface area contributed by atoms with Gasteiger partial charge in [-0.05, 0) is 42.8 Å². The molecule has 0 aliphatic rings. The van der Waals surface area contributed by atoms with Crippen molar-refractivity contribution in [2.45, 2.75) is 24.9 Å². The molecular weight excluding hydrogens is 408 g/mol. The van der Waals surface area contributed by atoms with Gasteiger partial charge in [0.25, 0.3) is 0 Å². The van der Waals surface area contributed by atoms with Gasteiger partial charge in [-0.1, -0.05) is 48.8 Å². The van der Waals surface area contributed by atoms with Crippen molar-refractivity contribution < 1.29 is 9.53 Å². The van der Waals surface area contributed by atoms with Crippen LogP contribution in [0.3, 0.4) is 0 Å². The standard InChI is InChI=1S/C21H23ClN4O2S/c1-3-4-13-23-19(27)14-29-21-25-24-20(17-7-5-6-8-18(17)22)26(21)15-9-11-16(28-2)12-10-15/h5-12H,3-4,13-14H2,1-2H3,(H,23,27). The van der Waals surface area contributed by atoms with Crippen molar-refractivity contribution in [2.24, 2.45) is 0 Å². The van der Waals surface area contributed by atoms with Crippen molar-refractivity contribution in [3.8, 4) is 22.8 Å². The molecule has 2 aromatic carbocycles. The Morgan fingerprint density at radius 1 is 1.17 bits per heavy atom. The van der Waals surface area contributed by atoms with Gasteiger partial charge in [0.1, 0.15) is 5.75 Å². The number of nitrogens with one attached hydrogen (secondary N) is 1. The van der Waals surface area contributed by atoms with Gasteiger partial charge in [0, 0.05) is 17.8 Å². The summed E-state index contributed by atoms with van der Waals surface area (Å²) in [6, 6.07) is 15.1. The SMILES string of the molecule is CCCCNC(=O)CSc1nnc(-c2ccccc2Cl)n1-c1ccc(OC)cc1. The number of rotatable bonds is 9. The van der Waals surface area contributed by atoms with E-state index in [4.69, 9.17) is 16.3 Å². The van der Waals surface area contributed by atoms with Crippen LogP contribution in [0.4, 0.5) is 0 Å². The molecule has 0 atom stereocenters. The normalized spacial score (nSPS) is 10.7. The Bertz CT molecular complexity index is 960. The minimum atomic E-state index is -0.0213. The molecule has 152 valence electrons. The quantitative estimate of drug-likeness (QED) is 0.396. The molecule has 0 radical (unpaired) electrons. The zero-order valence-electron chi connectivity index (χ0n) is 16.4. The lowest BCUT2D eigenvalue weighted by atomic mass is 10.2. The van der Waals surface area contributed by atoms with E-state index >= 15 is 0 Å². The summed E-state index contributed by atoms with van der Waals surface area (Å²) in [5, 5.41) is 12.8. The molecule has 0 aliphatic carbocycles. The molecule has 6 nitrogen and oxygen atoms in total. The van der Waals surface area contributed by atoms with E-state index < -0.39 is 0 Å². The number of carbonyl (C=O) groups excluding carboxylic acids is 1. The number of hydrogen-bond donors (Lipinski definition) is 1. The number of carbonyl (C=O) groups is 1. The maximum absolute atomic E-state index is 12.1. The van der Waals surface area contributed by atoms with Gasteiger partial charge in [0.05, 0.1) is 17.9 Å². The molecule has 0 fully saturated rings. The zero-order chi connectivity index (χ0) is 20.6. The number of hydrogen-bond acceptors (Lipinski definition) is 5. The van der Waals surface area contributed by atoms with Crippen LogP contribution in [0.2, 0.25) is 5.02 Å². The molecule has 1 N–H and O–H groups in total. The van der Waals surface area contributed by atoms with Crippen LogP contribution in [0, 0.1) is 0 Å². The van der Waals surface area contributed by atoms with E-state index in [1.54, 1.807) is 7.11 Å². The summed E-state index contributed by atoms with van der Waals surface area (Å²) in [7, 11) is 1.63. The number of methoxy groups -OCH3 is 1. The molecule has 0 spiro atoms. The second-order valence-electron chi connectivity index (χ2n) is 6.31. The lowest BCUT2D eigenvalue weighted by Gasteiger charge is -2.12. The first kappa shape index (κ1) is 21.2. The Morgan fingerprint density at radius 3 is 2.62 bits per heavy atom. The summed E-state index contributed by atoms with van der Waals surface area (Å²) >= 11 is 7.74. The van der Waals surface area contributed by atoms with Crippen molar-refractivity contribution in [3.05, 3.63) is 53.6 Å². The third kappa shape index (κ3) is 5.31. The van der Waals surface area contributed by atoms with E-state index in [1.807, 2.05) is 53.1 Å². The number of amides is 1. The fourth-order valence-corrected chi connectivity index (χ4v) is 3.73. The van der Waals surface area contributed by atoms with Crippen LogP contribution in [0.1, 0.15) is 19.8 Å². The van der Waals surface area contributed by atoms with E-state index in [0.717, 1.165) is 29.8 Å². The average Bonchev–Trinajstić information content (AvgIpc) is 3.16. The Morgan fingerprint density at radius 2 is 1.93 bits per heavy atom. The van der Waals surface area contributed by atoms with E-state index in [9.17, 15) is 4.79 Å². The predicted molar refractivity (Wildman–Crippen MR) is 117 cm³/mol. The molecule has 1 aromatic heterocycles. The molecule has 0 saturated heterocycles. The summed E-state index contributed by atoms with van der Waals surface area (Å²) < 4.78 is 7.16. The van der Waals surface area contributed by atoms with Crippen LogP contribution in [-0.2, 0) is 4.79 Å². The molecule has 3 aromatic rings. The summed E-state index contributed by atoms with van der Waals surface area (Å²) in [5.41, 5.74) is 1.64. The van der Waals surface area contributed by atoms with Gasteiger partial charge in [-0.2, -0.15) is 0 Å². The number of nitrogens with zero attached hydrogens (tertiary/aromatic N) is 3. The second-order valence-corrected chi connectivity index (χ2v) is 7.66. The van der Waals surface area contributed by atoms with Gasteiger partial charge in [0.2, 0.25) is 5.91 Å². The minimum absolute atomic E-state index is 0.0213. The fraction of sp³-hybridized carbons (Fsp3) is 0.286. The second kappa shape index (κ2) is 10.3. The third-order valence-electron chi connectivity index (χ3n) is 4.26. The molecule has 1 amide bonds. The fourth-order valence-electron chi connectivity index (χ4n) is 2.73. The monoisotopic (exact) mass is 430 g/mol. The predicted octanol–water partition coefficient (Wildman–Crippen LogP) is 4.60. The first-order valence-corrected chi connectivity index (χ1v) is 10.7. The van der Waals surface area contributed by atoms with E-state index in [2.05, 4.69) is 22.4 Å². The molecule has 29 heavy (non-hydrogen) atoms. The van der Waals surface area contributed by atoms with E-state index in [1.165, 1.54) is 11.8 Å². The number of thioether (sulfide) groups is 1. The molecular formula is C21H23ClN4O2S. The summed E-state index contributed by atoms with van der Waals surface area (Å²) in [5.74, 6) is 1.62. The van der Waals surface area contributed by atoms with Crippen LogP contribution in [0.15, 0.2) is 53.7 Å². The van der Waals surface area contributed by atoms with Crippen molar-refractivity contribution in [1.82, 2.24) is 20.1 Å².